The molecule has 0 saturated heterocycles. The minimum atomic E-state index is 0.163. The van der Waals surface area contributed by atoms with Crippen molar-refractivity contribution >= 4 is 11.8 Å². The maximum Gasteiger partial charge on any atom is 0.162 e. The molecule has 0 amide bonds. The summed E-state index contributed by atoms with van der Waals surface area (Å²) in [7, 11) is 0. The molecule has 0 radical (unpaired) electrons. The van der Waals surface area contributed by atoms with E-state index in [1.807, 2.05) is 24.3 Å². The van der Waals surface area contributed by atoms with Crippen LogP contribution >= 0.6 is 11.8 Å². The number of benzene rings is 2. The highest BCUT2D eigenvalue weighted by Crippen LogP contribution is 2.38. The molecule has 0 unspecified atom stereocenters. The molecule has 0 fully saturated rings. The van der Waals surface area contributed by atoms with Crippen LogP contribution in [0.5, 0.6) is 23.0 Å². The summed E-state index contributed by atoms with van der Waals surface area (Å²) >= 11 is 1.55. The van der Waals surface area contributed by atoms with Crippen LogP contribution in [0.3, 0.4) is 0 Å². The first-order valence-corrected chi connectivity index (χ1v) is 12.5. The van der Waals surface area contributed by atoms with Crippen LogP contribution in [0.1, 0.15) is 78.1 Å². The Kier molecular flexibility index (Phi) is 12.1. The summed E-state index contributed by atoms with van der Waals surface area (Å²) in [5, 5.41) is 20.2. The van der Waals surface area contributed by atoms with Crippen LogP contribution in [0.4, 0.5) is 0 Å². The lowest BCUT2D eigenvalue weighted by Crippen LogP contribution is -1.98. The summed E-state index contributed by atoms with van der Waals surface area (Å²) in [6, 6.07) is 10.8. The van der Waals surface area contributed by atoms with E-state index in [0.29, 0.717) is 24.7 Å². The van der Waals surface area contributed by atoms with Gasteiger partial charge in [-0.1, -0.05) is 77.0 Å². The van der Waals surface area contributed by atoms with Crippen molar-refractivity contribution < 1.29 is 19.7 Å². The zero-order valence-electron chi connectivity index (χ0n) is 19.1. The monoisotopic (exact) mass is 446 g/mol. The van der Waals surface area contributed by atoms with Gasteiger partial charge >= 0.3 is 0 Å². The fourth-order valence-electron chi connectivity index (χ4n) is 3.26. The van der Waals surface area contributed by atoms with E-state index in [2.05, 4.69) is 13.8 Å². The summed E-state index contributed by atoms with van der Waals surface area (Å²) in [6.45, 7) is 5.63. The third kappa shape index (κ3) is 9.77. The summed E-state index contributed by atoms with van der Waals surface area (Å²) < 4.78 is 11.6. The van der Waals surface area contributed by atoms with Crippen LogP contribution in [-0.2, 0) is 0 Å². The molecule has 0 spiro atoms. The molecular formula is C26H38O4S. The van der Waals surface area contributed by atoms with Crippen LogP contribution in [0.15, 0.2) is 46.2 Å². The van der Waals surface area contributed by atoms with E-state index in [1.54, 1.807) is 23.9 Å². The minimum Gasteiger partial charge on any atom is -0.504 e. The number of aromatic hydroxyl groups is 2. The topological polar surface area (TPSA) is 58.9 Å². The molecule has 31 heavy (non-hydrogen) atoms. The third-order valence-corrected chi connectivity index (χ3v) is 6.09. The van der Waals surface area contributed by atoms with E-state index in [-0.39, 0.29) is 11.5 Å². The number of unbranched alkanes of at least 4 members (excludes halogenated alkanes) is 8. The van der Waals surface area contributed by atoms with Crippen molar-refractivity contribution in [3.05, 3.63) is 36.4 Å². The molecule has 0 atom stereocenters. The second-order valence-electron chi connectivity index (χ2n) is 7.89. The van der Waals surface area contributed by atoms with Gasteiger partial charge in [0.15, 0.2) is 23.0 Å². The highest BCUT2D eigenvalue weighted by atomic mass is 32.2. The van der Waals surface area contributed by atoms with Gasteiger partial charge in [-0.15, -0.1) is 0 Å². The zero-order chi connectivity index (χ0) is 22.3. The van der Waals surface area contributed by atoms with Gasteiger partial charge in [0.1, 0.15) is 0 Å². The predicted octanol–water partition coefficient (Wildman–Crippen LogP) is 7.95. The molecule has 172 valence electrons. The van der Waals surface area contributed by atoms with Gasteiger partial charge in [-0.05, 0) is 49.2 Å². The van der Waals surface area contributed by atoms with Gasteiger partial charge in [0, 0.05) is 9.79 Å². The highest BCUT2D eigenvalue weighted by molar-refractivity contribution is 7.99. The van der Waals surface area contributed by atoms with Crippen molar-refractivity contribution in [3.63, 3.8) is 0 Å². The number of ether oxygens (including phenoxy) is 2. The van der Waals surface area contributed by atoms with E-state index in [1.165, 1.54) is 38.5 Å². The smallest absolute Gasteiger partial charge is 0.162 e. The first-order chi connectivity index (χ1) is 15.1. The molecule has 2 aromatic carbocycles. The van der Waals surface area contributed by atoms with Gasteiger partial charge in [-0.3, -0.25) is 0 Å². The molecule has 0 aromatic heterocycles. The Morgan fingerprint density at radius 1 is 0.613 bits per heavy atom. The Morgan fingerprint density at radius 3 is 1.45 bits per heavy atom. The van der Waals surface area contributed by atoms with E-state index in [4.69, 9.17) is 9.47 Å². The van der Waals surface area contributed by atoms with E-state index < -0.39 is 0 Å². The first-order valence-electron chi connectivity index (χ1n) is 11.7. The molecular weight excluding hydrogens is 408 g/mol. The molecule has 0 aliphatic carbocycles. The maximum absolute atomic E-state index is 10.1. The number of phenolic OH excluding ortho intramolecular Hbond substituents is 2. The summed E-state index contributed by atoms with van der Waals surface area (Å²) in [4.78, 5) is 1.94. The summed E-state index contributed by atoms with van der Waals surface area (Å²) in [5.41, 5.74) is 0. The molecule has 0 aliphatic heterocycles. The largest absolute Gasteiger partial charge is 0.504 e. The van der Waals surface area contributed by atoms with Crippen LogP contribution in [-0.4, -0.2) is 23.4 Å². The zero-order valence-corrected chi connectivity index (χ0v) is 19.9. The van der Waals surface area contributed by atoms with Crippen LogP contribution in [0.25, 0.3) is 0 Å². The molecule has 5 heteroatoms. The Hall–Kier alpha value is -2.01. The van der Waals surface area contributed by atoms with Gasteiger partial charge in [-0.25, -0.2) is 0 Å². The van der Waals surface area contributed by atoms with E-state index in [9.17, 15) is 10.2 Å². The fraction of sp³-hybridized carbons (Fsp3) is 0.538. The van der Waals surface area contributed by atoms with E-state index in [0.717, 1.165) is 35.5 Å². The Balaban J connectivity index is 1.88. The van der Waals surface area contributed by atoms with Gasteiger partial charge in [0.05, 0.1) is 13.2 Å². The predicted molar refractivity (Wildman–Crippen MR) is 129 cm³/mol. The van der Waals surface area contributed by atoms with Crippen molar-refractivity contribution in [1.82, 2.24) is 0 Å². The van der Waals surface area contributed by atoms with Crippen LogP contribution in [0.2, 0.25) is 0 Å². The Bertz CT molecular complexity index is 700. The normalized spacial score (nSPS) is 10.9. The summed E-state index contributed by atoms with van der Waals surface area (Å²) in [5.74, 6) is 1.36. The highest BCUT2D eigenvalue weighted by Gasteiger charge is 2.09. The van der Waals surface area contributed by atoms with Gasteiger partial charge in [0.2, 0.25) is 0 Å². The van der Waals surface area contributed by atoms with Crippen molar-refractivity contribution in [3.8, 4) is 23.0 Å². The maximum atomic E-state index is 10.1. The first kappa shape index (κ1) is 25.3. The third-order valence-electron chi connectivity index (χ3n) is 5.11. The average Bonchev–Trinajstić information content (AvgIpc) is 2.77. The summed E-state index contributed by atoms with van der Waals surface area (Å²) in [6.07, 6.45) is 11.7. The molecule has 0 bridgehead atoms. The van der Waals surface area contributed by atoms with Gasteiger partial charge in [0.25, 0.3) is 0 Å². The lowest BCUT2D eigenvalue weighted by Gasteiger charge is -2.12. The minimum absolute atomic E-state index is 0.163. The number of hydrogen-bond acceptors (Lipinski definition) is 5. The molecule has 2 aromatic rings. The standard InChI is InChI=1S/C26H38O4S/c1-3-5-7-9-11-17-29-25-19-21(13-15-23(25)27)31-22-14-16-24(28)26(20-22)30-18-12-10-8-6-4-2/h13-16,19-20,27-28H,3-12,17-18H2,1-2H3. The van der Waals surface area contributed by atoms with Crippen molar-refractivity contribution in [2.75, 3.05) is 13.2 Å². The quantitative estimate of drug-likeness (QED) is 0.256. The van der Waals surface area contributed by atoms with Crippen molar-refractivity contribution in [2.45, 2.75) is 87.8 Å². The molecule has 0 saturated carbocycles. The number of rotatable bonds is 16. The SMILES string of the molecule is CCCCCCCOc1cc(Sc2ccc(O)c(OCCCCCCC)c2)ccc1O. The van der Waals surface area contributed by atoms with Crippen molar-refractivity contribution in [2.24, 2.45) is 0 Å². The number of phenols is 2. The average molecular weight is 447 g/mol. The van der Waals surface area contributed by atoms with Gasteiger partial charge < -0.3 is 19.7 Å². The van der Waals surface area contributed by atoms with Crippen LogP contribution < -0.4 is 9.47 Å². The van der Waals surface area contributed by atoms with Crippen LogP contribution in [0, 0.1) is 0 Å². The molecule has 0 aliphatic rings. The second-order valence-corrected chi connectivity index (χ2v) is 9.03. The van der Waals surface area contributed by atoms with E-state index >= 15 is 0 Å². The van der Waals surface area contributed by atoms with Crippen molar-refractivity contribution in [1.29, 1.82) is 0 Å². The number of hydrogen-bond donors (Lipinski definition) is 2. The van der Waals surface area contributed by atoms with Gasteiger partial charge in [-0.2, -0.15) is 0 Å². The molecule has 2 rings (SSSR count). The molecule has 2 N–H and O–H groups in total. The second kappa shape index (κ2) is 14.9. The lowest BCUT2D eigenvalue weighted by atomic mass is 10.2. The Labute approximate surface area is 192 Å². The lowest BCUT2D eigenvalue weighted by molar-refractivity contribution is 0.288. The molecule has 4 nitrogen and oxygen atoms in total. The Morgan fingerprint density at radius 2 is 1.03 bits per heavy atom. The fourth-order valence-corrected chi connectivity index (χ4v) is 4.13. The molecule has 0 heterocycles.